The van der Waals surface area contributed by atoms with Crippen LogP contribution in [0.25, 0.3) is 0 Å². The van der Waals surface area contributed by atoms with Crippen LogP contribution >= 0.6 is 11.6 Å². The highest BCUT2D eigenvalue weighted by atomic mass is 35.5. The fraction of sp³-hybridized carbons (Fsp3) is 0.278. The molecule has 2 aromatic rings. The lowest BCUT2D eigenvalue weighted by atomic mass is 10.1. The van der Waals surface area contributed by atoms with Crippen molar-refractivity contribution < 1.29 is 13.2 Å². The molecule has 0 atom stereocenters. The standard InChI is InChI=1S/C18H21ClN2O3S/c1-11-8-12(2)18(13(3)9-11)25(23,24)20-10-17(22)21-16-7-5-6-15(19)14(16)4/h5-9,20H,10H2,1-4H3,(H,21,22). The van der Waals surface area contributed by atoms with Crippen LogP contribution in [0.15, 0.2) is 35.2 Å². The van der Waals surface area contributed by atoms with Gasteiger partial charge in [0.2, 0.25) is 15.9 Å². The summed E-state index contributed by atoms with van der Waals surface area (Å²) >= 11 is 6.01. The van der Waals surface area contributed by atoms with Crippen LogP contribution in [0.2, 0.25) is 5.02 Å². The molecule has 0 heterocycles. The van der Waals surface area contributed by atoms with E-state index in [0.29, 0.717) is 21.8 Å². The van der Waals surface area contributed by atoms with Crippen LogP contribution in [0.1, 0.15) is 22.3 Å². The third kappa shape index (κ3) is 4.60. The number of rotatable bonds is 5. The molecule has 0 aliphatic heterocycles. The van der Waals surface area contributed by atoms with Gasteiger partial charge in [0, 0.05) is 10.7 Å². The summed E-state index contributed by atoms with van der Waals surface area (Å²) < 4.78 is 27.5. The maximum Gasteiger partial charge on any atom is 0.241 e. The summed E-state index contributed by atoms with van der Waals surface area (Å²) in [5, 5.41) is 3.19. The van der Waals surface area contributed by atoms with Crippen LogP contribution in [-0.4, -0.2) is 20.9 Å². The van der Waals surface area contributed by atoms with Crippen molar-refractivity contribution in [1.82, 2.24) is 4.72 Å². The summed E-state index contributed by atoms with van der Waals surface area (Å²) in [5.41, 5.74) is 3.57. The van der Waals surface area contributed by atoms with Gasteiger partial charge in [0.25, 0.3) is 0 Å². The molecule has 0 bridgehead atoms. The molecule has 2 aromatic carbocycles. The minimum Gasteiger partial charge on any atom is -0.325 e. The van der Waals surface area contributed by atoms with E-state index < -0.39 is 15.9 Å². The van der Waals surface area contributed by atoms with E-state index in [1.54, 1.807) is 51.1 Å². The predicted molar refractivity (Wildman–Crippen MR) is 101 cm³/mol. The first kappa shape index (κ1) is 19.4. The Morgan fingerprint density at radius 1 is 1.08 bits per heavy atom. The van der Waals surface area contributed by atoms with E-state index in [2.05, 4.69) is 10.0 Å². The van der Waals surface area contributed by atoms with Gasteiger partial charge < -0.3 is 5.32 Å². The van der Waals surface area contributed by atoms with Crippen LogP contribution < -0.4 is 10.0 Å². The molecule has 134 valence electrons. The van der Waals surface area contributed by atoms with Crippen LogP contribution in [0.3, 0.4) is 0 Å². The Kier molecular flexibility index (Phi) is 5.87. The lowest BCUT2D eigenvalue weighted by molar-refractivity contribution is -0.115. The average Bonchev–Trinajstić information content (AvgIpc) is 2.48. The highest BCUT2D eigenvalue weighted by Gasteiger charge is 2.20. The number of sulfonamides is 1. The first-order chi connectivity index (χ1) is 11.6. The van der Waals surface area contributed by atoms with Gasteiger partial charge in [0.1, 0.15) is 0 Å². The summed E-state index contributed by atoms with van der Waals surface area (Å²) in [6.07, 6.45) is 0. The van der Waals surface area contributed by atoms with E-state index in [4.69, 9.17) is 11.6 Å². The topological polar surface area (TPSA) is 75.3 Å². The molecule has 0 radical (unpaired) electrons. The second kappa shape index (κ2) is 7.56. The van der Waals surface area contributed by atoms with Gasteiger partial charge in [-0.25, -0.2) is 13.1 Å². The molecule has 1 amide bonds. The molecule has 7 heteroatoms. The number of amides is 1. The van der Waals surface area contributed by atoms with E-state index in [0.717, 1.165) is 11.1 Å². The van der Waals surface area contributed by atoms with Crippen LogP contribution in [0, 0.1) is 27.7 Å². The number of aryl methyl sites for hydroxylation is 3. The van der Waals surface area contributed by atoms with E-state index in [9.17, 15) is 13.2 Å². The molecule has 0 fully saturated rings. The smallest absolute Gasteiger partial charge is 0.241 e. The minimum atomic E-state index is -3.78. The van der Waals surface area contributed by atoms with Gasteiger partial charge in [0.15, 0.2) is 0 Å². The van der Waals surface area contributed by atoms with Gasteiger partial charge >= 0.3 is 0 Å². The van der Waals surface area contributed by atoms with Crippen LogP contribution in [0.5, 0.6) is 0 Å². The number of carbonyl (C=O) groups excluding carboxylic acids is 1. The molecular weight excluding hydrogens is 360 g/mol. The van der Waals surface area contributed by atoms with Crippen molar-refractivity contribution in [1.29, 1.82) is 0 Å². The van der Waals surface area contributed by atoms with Crippen molar-refractivity contribution in [2.45, 2.75) is 32.6 Å². The number of anilines is 1. The lowest BCUT2D eigenvalue weighted by Gasteiger charge is -2.14. The van der Waals surface area contributed by atoms with Crippen molar-refractivity contribution in [3.8, 4) is 0 Å². The molecule has 0 saturated heterocycles. The Morgan fingerprint density at radius 2 is 1.68 bits per heavy atom. The summed E-state index contributed by atoms with van der Waals surface area (Å²) in [6, 6.07) is 8.75. The third-order valence-corrected chi connectivity index (χ3v) is 5.95. The molecule has 2 N–H and O–H groups in total. The van der Waals surface area contributed by atoms with Gasteiger partial charge in [-0.2, -0.15) is 0 Å². The molecular formula is C18H21ClN2O3S. The van der Waals surface area contributed by atoms with E-state index in [-0.39, 0.29) is 11.4 Å². The second-order valence-electron chi connectivity index (χ2n) is 6.01. The minimum absolute atomic E-state index is 0.213. The zero-order chi connectivity index (χ0) is 18.8. The van der Waals surface area contributed by atoms with Gasteiger partial charge in [-0.3, -0.25) is 4.79 Å². The number of halogens is 1. The quantitative estimate of drug-likeness (QED) is 0.833. The average molecular weight is 381 g/mol. The zero-order valence-electron chi connectivity index (χ0n) is 14.6. The van der Waals surface area contributed by atoms with Gasteiger partial charge in [-0.15, -0.1) is 0 Å². The summed E-state index contributed by atoms with van der Waals surface area (Å²) in [6.45, 7) is 6.81. The van der Waals surface area contributed by atoms with Crippen molar-refractivity contribution in [2.24, 2.45) is 0 Å². The number of hydrogen-bond acceptors (Lipinski definition) is 3. The number of carbonyl (C=O) groups is 1. The van der Waals surface area contributed by atoms with Crippen LogP contribution in [-0.2, 0) is 14.8 Å². The Labute approximate surface area is 153 Å². The maximum atomic E-state index is 12.6. The Hall–Kier alpha value is -1.89. The molecule has 5 nitrogen and oxygen atoms in total. The molecule has 0 aliphatic rings. The van der Waals surface area contributed by atoms with Gasteiger partial charge in [0.05, 0.1) is 11.4 Å². The first-order valence-corrected chi connectivity index (χ1v) is 9.60. The van der Waals surface area contributed by atoms with Crippen molar-refractivity contribution in [2.75, 3.05) is 11.9 Å². The summed E-state index contributed by atoms with van der Waals surface area (Å²) in [5.74, 6) is -0.462. The highest BCUT2D eigenvalue weighted by molar-refractivity contribution is 7.89. The lowest BCUT2D eigenvalue weighted by Crippen LogP contribution is -2.33. The third-order valence-electron chi connectivity index (χ3n) is 3.84. The van der Waals surface area contributed by atoms with Crippen LogP contribution in [0.4, 0.5) is 5.69 Å². The zero-order valence-corrected chi connectivity index (χ0v) is 16.2. The molecule has 25 heavy (non-hydrogen) atoms. The van der Waals surface area contributed by atoms with Crippen molar-refractivity contribution in [3.63, 3.8) is 0 Å². The maximum absolute atomic E-state index is 12.6. The first-order valence-electron chi connectivity index (χ1n) is 7.74. The molecule has 0 saturated carbocycles. The normalized spacial score (nSPS) is 11.4. The Morgan fingerprint density at radius 3 is 2.28 bits per heavy atom. The SMILES string of the molecule is Cc1cc(C)c(S(=O)(=O)NCC(=O)Nc2cccc(Cl)c2C)c(C)c1. The second-order valence-corrected chi connectivity index (χ2v) is 8.12. The number of benzene rings is 2. The molecule has 0 aromatic heterocycles. The molecule has 0 spiro atoms. The summed E-state index contributed by atoms with van der Waals surface area (Å²) in [7, 11) is -3.78. The monoisotopic (exact) mass is 380 g/mol. The van der Waals surface area contributed by atoms with Gasteiger partial charge in [-0.1, -0.05) is 35.4 Å². The fourth-order valence-corrected chi connectivity index (χ4v) is 4.37. The van der Waals surface area contributed by atoms with E-state index in [1.807, 2.05) is 6.92 Å². The van der Waals surface area contributed by atoms with E-state index >= 15 is 0 Å². The van der Waals surface area contributed by atoms with Gasteiger partial charge in [-0.05, 0) is 56.5 Å². The number of hydrogen-bond donors (Lipinski definition) is 2. The molecule has 0 unspecified atom stereocenters. The highest BCUT2D eigenvalue weighted by Crippen LogP contribution is 2.23. The number of nitrogens with one attached hydrogen (secondary N) is 2. The van der Waals surface area contributed by atoms with Crippen molar-refractivity contribution >= 4 is 33.2 Å². The Balaban J connectivity index is 2.12. The molecule has 0 aliphatic carbocycles. The molecule has 2 rings (SSSR count). The fourth-order valence-electron chi connectivity index (χ4n) is 2.76. The Bertz CT molecular complexity index is 901. The van der Waals surface area contributed by atoms with Crippen molar-refractivity contribution in [3.05, 3.63) is 57.6 Å². The van der Waals surface area contributed by atoms with E-state index in [1.165, 1.54) is 0 Å². The summed E-state index contributed by atoms with van der Waals surface area (Å²) in [4.78, 5) is 12.3. The largest absolute Gasteiger partial charge is 0.325 e. The predicted octanol–water partition coefficient (Wildman–Crippen LogP) is 3.49.